The maximum Gasteiger partial charge on any atom is 0.317 e. The summed E-state index contributed by atoms with van der Waals surface area (Å²) in [6.45, 7) is 4.02. The van der Waals surface area contributed by atoms with Crippen molar-refractivity contribution in [3.8, 4) is 0 Å². The van der Waals surface area contributed by atoms with Crippen molar-refractivity contribution in [2.75, 3.05) is 13.1 Å². The molecule has 25 heavy (non-hydrogen) atoms. The molecule has 0 radical (unpaired) electrons. The van der Waals surface area contributed by atoms with E-state index < -0.39 is 0 Å². The fourth-order valence-electron chi connectivity index (χ4n) is 3.34. The molecule has 3 heterocycles. The average molecular weight is 344 g/mol. The third kappa shape index (κ3) is 3.80. The second kappa shape index (κ2) is 6.81. The predicted octanol–water partition coefficient (Wildman–Crippen LogP) is 1.25. The zero-order valence-corrected chi connectivity index (χ0v) is 14.4. The van der Waals surface area contributed by atoms with E-state index in [2.05, 4.69) is 30.6 Å². The van der Waals surface area contributed by atoms with Crippen LogP contribution >= 0.6 is 0 Å². The molecule has 2 amide bonds. The molecule has 0 bridgehead atoms. The van der Waals surface area contributed by atoms with Crippen LogP contribution in [-0.4, -0.2) is 60.0 Å². The van der Waals surface area contributed by atoms with Crippen molar-refractivity contribution in [2.24, 2.45) is 0 Å². The van der Waals surface area contributed by atoms with Crippen molar-refractivity contribution in [1.29, 1.82) is 0 Å². The van der Waals surface area contributed by atoms with E-state index >= 15 is 0 Å². The zero-order valence-electron chi connectivity index (χ0n) is 14.4. The van der Waals surface area contributed by atoms with Gasteiger partial charge in [0, 0.05) is 31.0 Å². The maximum atomic E-state index is 12.6. The van der Waals surface area contributed by atoms with E-state index in [9.17, 15) is 4.79 Å². The van der Waals surface area contributed by atoms with E-state index in [0.29, 0.717) is 19.0 Å². The molecule has 2 aromatic rings. The van der Waals surface area contributed by atoms with Crippen LogP contribution in [0.2, 0.25) is 0 Å². The normalized spacial score (nSPS) is 22.0. The Hall–Kier alpha value is -2.45. The first kappa shape index (κ1) is 16.0. The predicted molar refractivity (Wildman–Crippen MR) is 89.9 cm³/mol. The molecule has 0 spiro atoms. The number of hydrogen-bond acceptors (Lipinski definition) is 5. The highest BCUT2D eigenvalue weighted by atomic mass is 16.2. The quantitative estimate of drug-likeness (QED) is 0.849. The van der Waals surface area contributed by atoms with Crippen molar-refractivity contribution in [3.05, 3.63) is 24.3 Å². The van der Waals surface area contributed by atoms with Crippen LogP contribution in [0.4, 0.5) is 4.79 Å². The number of amides is 2. The van der Waals surface area contributed by atoms with Crippen molar-refractivity contribution >= 4 is 6.03 Å². The van der Waals surface area contributed by atoms with Crippen molar-refractivity contribution in [3.63, 3.8) is 0 Å². The van der Waals surface area contributed by atoms with E-state index in [-0.39, 0.29) is 18.0 Å². The number of likely N-dealkylation sites (tertiary alicyclic amines) is 1. The van der Waals surface area contributed by atoms with E-state index in [1.807, 2.05) is 11.8 Å². The SMILES string of the molecule is CC(Cn1cncn1)NC(=O)N1CCCC(c2n[nH]c(C3CC3)n2)C1. The van der Waals surface area contributed by atoms with Crippen molar-refractivity contribution in [1.82, 2.24) is 40.2 Å². The number of piperidine rings is 1. The van der Waals surface area contributed by atoms with Gasteiger partial charge in [0.25, 0.3) is 0 Å². The second-order valence-electron chi connectivity index (χ2n) is 7.11. The van der Waals surface area contributed by atoms with Gasteiger partial charge in [0.05, 0.1) is 6.54 Å². The lowest BCUT2D eigenvalue weighted by atomic mass is 9.97. The van der Waals surface area contributed by atoms with Crippen LogP contribution in [0.1, 0.15) is 56.1 Å². The van der Waals surface area contributed by atoms with E-state index in [0.717, 1.165) is 31.0 Å². The molecule has 2 aromatic heterocycles. The van der Waals surface area contributed by atoms with Gasteiger partial charge in [0.15, 0.2) is 5.82 Å². The molecule has 1 saturated heterocycles. The average Bonchev–Trinajstić information content (AvgIpc) is 3.12. The number of hydrogen-bond donors (Lipinski definition) is 2. The topological polar surface area (TPSA) is 105 Å². The van der Waals surface area contributed by atoms with Crippen LogP contribution in [-0.2, 0) is 6.54 Å². The molecular formula is C16H24N8O. The highest BCUT2D eigenvalue weighted by Crippen LogP contribution is 2.38. The molecule has 1 saturated carbocycles. The fraction of sp³-hybridized carbons (Fsp3) is 0.688. The minimum absolute atomic E-state index is 0.0143. The van der Waals surface area contributed by atoms with Gasteiger partial charge in [-0.2, -0.15) is 10.2 Å². The van der Waals surface area contributed by atoms with Crippen LogP contribution in [0.3, 0.4) is 0 Å². The number of aromatic nitrogens is 6. The second-order valence-corrected chi connectivity index (χ2v) is 7.11. The summed E-state index contributed by atoms with van der Waals surface area (Å²) >= 11 is 0. The third-order valence-electron chi connectivity index (χ3n) is 4.86. The van der Waals surface area contributed by atoms with E-state index in [1.165, 1.54) is 19.2 Å². The molecule has 2 atom stereocenters. The lowest BCUT2D eigenvalue weighted by Gasteiger charge is -2.32. The highest BCUT2D eigenvalue weighted by Gasteiger charge is 2.31. The van der Waals surface area contributed by atoms with Gasteiger partial charge >= 0.3 is 6.03 Å². The minimum atomic E-state index is -0.0322. The van der Waals surface area contributed by atoms with E-state index in [4.69, 9.17) is 0 Å². The molecule has 2 unspecified atom stereocenters. The molecule has 1 aliphatic heterocycles. The molecule has 2 fully saturated rings. The van der Waals surface area contributed by atoms with Crippen LogP contribution in [0.15, 0.2) is 12.7 Å². The number of nitrogens with one attached hydrogen (secondary N) is 2. The Morgan fingerprint density at radius 2 is 2.28 bits per heavy atom. The lowest BCUT2D eigenvalue weighted by molar-refractivity contribution is 0.174. The van der Waals surface area contributed by atoms with Gasteiger partial charge < -0.3 is 10.2 Å². The van der Waals surface area contributed by atoms with Crippen LogP contribution in [0, 0.1) is 0 Å². The first-order valence-electron chi connectivity index (χ1n) is 8.99. The Morgan fingerprint density at radius 3 is 3.04 bits per heavy atom. The van der Waals surface area contributed by atoms with Crippen molar-refractivity contribution < 1.29 is 4.79 Å². The lowest BCUT2D eigenvalue weighted by Crippen LogP contribution is -2.48. The summed E-state index contributed by atoms with van der Waals surface area (Å²) in [5, 5.41) is 14.6. The molecule has 9 heteroatoms. The largest absolute Gasteiger partial charge is 0.334 e. The molecule has 1 aliphatic carbocycles. The molecule has 2 aliphatic rings. The Labute approximate surface area is 146 Å². The number of carbonyl (C=O) groups is 1. The van der Waals surface area contributed by atoms with Gasteiger partial charge in [-0.05, 0) is 32.6 Å². The molecule has 9 nitrogen and oxygen atoms in total. The molecule has 134 valence electrons. The zero-order chi connectivity index (χ0) is 17.2. The van der Waals surface area contributed by atoms with Crippen LogP contribution in [0.5, 0.6) is 0 Å². The van der Waals surface area contributed by atoms with Crippen LogP contribution < -0.4 is 5.32 Å². The summed E-state index contributed by atoms with van der Waals surface area (Å²) in [7, 11) is 0. The monoisotopic (exact) mass is 344 g/mol. The number of aromatic amines is 1. The Balaban J connectivity index is 1.32. The fourth-order valence-corrected chi connectivity index (χ4v) is 3.34. The summed E-state index contributed by atoms with van der Waals surface area (Å²) in [4.78, 5) is 23.0. The molecule has 0 aromatic carbocycles. The minimum Gasteiger partial charge on any atom is -0.334 e. The number of nitrogens with zero attached hydrogens (tertiary/aromatic N) is 6. The first-order valence-corrected chi connectivity index (χ1v) is 8.99. The molecular weight excluding hydrogens is 320 g/mol. The van der Waals surface area contributed by atoms with Gasteiger partial charge in [0.2, 0.25) is 0 Å². The summed E-state index contributed by atoms with van der Waals surface area (Å²) in [5.74, 6) is 2.66. The third-order valence-corrected chi connectivity index (χ3v) is 4.86. The smallest absolute Gasteiger partial charge is 0.317 e. The Morgan fingerprint density at radius 1 is 1.40 bits per heavy atom. The van der Waals surface area contributed by atoms with Crippen LogP contribution in [0.25, 0.3) is 0 Å². The van der Waals surface area contributed by atoms with E-state index in [1.54, 1.807) is 11.0 Å². The standard InChI is InChI=1S/C16H24N8O/c1-11(7-24-10-17-9-18-24)19-16(25)23-6-2-3-13(8-23)15-20-14(21-22-15)12-4-5-12/h9-13H,2-8H2,1H3,(H,19,25)(H,20,21,22). The molecule has 4 rings (SSSR count). The van der Waals surface area contributed by atoms with Gasteiger partial charge in [-0.3, -0.25) is 9.78 Å². The summed E-state index contributed by atoms with van der Waals surface area (Å²) in [5.41, 5.74) is 0. The molecule has 2 N–H and O–H groups in total. The highest BCUT2D eigenvalue weighted by molar-refractivity contribution is 5.74. The Kier molecular flexibility index (Phi) is 4.37. The summed E-state index contributed by atoms with van der Waals surface area (Å²) < 4.78 is 1.72. The van der Waals surface area contributed by atoms with Gasteiger partial charge in [-0.1, -0.05) is 0 Å². The number of urea groups is 1. The number of H-pyrrole nitrogens is 1. The first-order chi connectivity index (χ1) is 12.2. The van der Waals surface area contributed by atoms with Gasteiger partial charge in [-0.15, -0.1) is 0 Å². The summed E-state index contributed by atoms with van der Waals surface area (Å²) in [6, 6.07) is -0.0465. The van der Waals surface area contributed by atoms with Gasteiger partial charge in [-0.25, -0.2) is 14.8 Å². The van der Waals surface area contributed by atoms with Crippen molar-refractivity contribution in [2.45, 2.75) is 57.0 Å². The summed E-state index contributed by atoms with van der Waals surface area (Å²) in [6.07, 6.45) is 7.56. The number of rotatable bonds is 5. The maximum absolute atomic E-state index is 12.6. The Bertz CT molecular complexity index is 708. The number of carbonyl (C=O) groups excluding carboxylic acids is 1. The van der Waals surface area contributed by atoms with Gasteiger partial charge in [0.1, 0.15) is 18.5 Å².